The molecule has 3 N–H and O–H groups in total. The Morgan fingerprint density at radius 1 is 0.968 bits per heavy atom. The van der Waals surface area contributed by atoms with Crippen molar-refractivity contribution in [2.24, 2.45) is 0 Å². The Morgan fingerprint density at radius 3 is 2.23 bits per heavy atom. The van der Waals surface area contributed by atoms with Crippen molar-refractivity contribution in [1.29, 1.82) is 0 Å². The second kappa shape index (κ2) is 9.98. The second-order valence-corrected chi connectivity index (χ2v) is 8.62. The van der Waals surface area contributed by atoms with Gasteiger partial charge in [-0.2, -0.15) is 0 Å². The number of halogens is 2. The number of aryl methyl sites for hydroxylation is 1. The fourth-order valence-electron chi connectivity index (χ4n) is 2.85. The number of phenols is 1. The number of aromatic hydroxyl groups is 1. The number of amides is 1. The maximum absolute atomic E-state index is 12.6. The predicted molar refractivity (Wildman–Crippen MR) is 124 cm³/mol. The van der Waals surface area contributed by atoms with E-state index in [2.05, 4.69) is 37.2 Å². The lowest BCUT2D eigenvalue weighted by Gasteiger charge is -2.13. The number of carbonyl (C=O) groups is 2. The van der Waals surface area contributed by atoms with Gasteiger partial charge >= 0.3 is 5.97 Å². The summed E-state index contributed by atoms with van der Waals surface area (Å²) in [6.07, 6.45) is -0.123. The van der Waals surface area contributed by atoms with Crippen molar-refractivity contribution < 1.29 is 24.5 Å². The van der Waals surface area contributed by atoms with Gasteiger partial charge in [0.2, 0.25) is 0 Å². The molecule has 0 saturated heterocycles. The van der Waals surface area contributed by atoms with Crippen LogP contribution in [0.5, 0.6) is 17.2 Å². The molecular weight excluding hydrogens is 530 g/mol. The number of benzene rings is 3. The highest BCUT2D eigenvalue weighted by atomic mass is 79.9. The van der Waals surface area contributed by atoms with E-state index in [-0.39, 0.29) is 17.7 Å². The van der Waals surface area contributed by atoms with Crippen molar-refractivity contribution in [3.63, 3.8) is 0 Å². The van der Waals surface area contributed by atoms with E-state index in [1.165, 1.54) is 18.2 Å². The van der Waals surface area contributed by atoms with Crippen LogP contribution in [0.1, 0.15) is 27.0 Å². The molecule has 0 radical (unpaired) electrons. The summed E-state index contributed by atoms with van der Waals surface area (Å²) < 4.78 is 6.99. The van der Waals surface area contributed by atoms with Crippen LogP contribution in [0.25, 0.3) is 0 Å². The number of hydrogen-bond acceptors (Lipinski definition) is 4. The van der Waals surface area contributed by atoms with E-state index in [1.807, 2.05) is 31.2 Å². The Balaban J connectivity index is 1.77. The van der Waals surface area contributed by atoms with E-state index >= 15 is 0 Å². The molecule has 3 aromatic carbocycles. The van der Waals surface area contributed by atoms with Gasteiger partial charge in [-0.05, 0) is 80.2 Å². The topological polar surface area (TPSA) is 95.9 Å². The summed E-state index contributed by atoms with van der Waals surface area (Å²) in [5.74, 6) is -0.772. The number of carbonyl (C=O) groups excluding carboxylic acids is 1. The Kier molecular flexibility index (Phi) is 7.35. The zero-order valence-electron chi connectivity index (χ0n) is 16.5. The van der Waals surface area contributed by atoms with Gasteiger partial charge in [-0.1, -0.05) is 29.8 Å². The number of ether oxygens (including phenoxy) is 1. The van der Waals surface area contributed by atoms with E-state index in [0.29, 0.717) is 32.6 Å². The van der Waals surface area contributed by atoms with Crippen LogP contribution in [0.2, 0.25) is 0 Å². The predicted octanol–water partition coefficient (Wildman–Crippen LogP) is 5.58. The molecule has 0 aliphatic carbocycles. The average Bonchev–Trinajstić information content (AvgIpc) is 2.70. The molecule has 0 aliphatic rings. The molecule has 0 bridgehead atoms. The number of rotatable bonds is 7. The van der Waals surface area contributed by atoms with Crippen LogP contribution in [0.4, 0.5) is 0 Å². The lowest BCUT2D eigenvalue weighted by molar-refractivity contribution is -0.136. The van der Waals surface area contributed by atoms with Gasteiger partial charge in [0.1, 0.15) is 11.5 Å². The highest BCUT2D eigenvalue weighted by molar-refractivity contribution is 9.11. The Morgan fingerprint density at radius 2 is 1.61 bits per heavy atom. The van der Waals surface area contributed by atoms with Gasteiger partial charge in [0.05, 0.1) is 20.9 Å². The first kappa shape index (κ1) is 22.8. The van der Waals surface area contributed by atoms with Crippen molar-refractivity contribution >= 4 is 43.7 Å². The number of hydrogen-bond donors (Lipinski definition) is 3. The zero-order chi connectivity index (χ0) is 22.5. The molecule has 0 unspecified atom stereocenters. The van der Waals surface area contributed by atoms with Crippen LogP contribution in [-0.2, 0) is 17.8 Å². The molecule has 1 amide bonds. The molecule has 0 fully saturated rings. The summed E-state index contributed by atoms with van der Waals surface area (Å²) in [7, 11) is 0. The van der Waals surface area contributed by atoms with E-state index in [9.17, 15) is 14.7 Å². The lowest BCUT2D eigenvalue weighted by atomic mass is 10.1. The minimum absolute atomic E-state index is 0.0827. The van der Waals surface area contributed by atoms with Gasteiger partial charge in [-0.25, -0.2) is 0 Å². The zero-order valence-corrected chi connectivity index (χ0v) is 19.7. The van der Waals surface area contributed by atoms with Crippen LogP contribution >= 0.6 is 31.9 Å². The quantitative estimate of drug-likeness (QED) is 0.358. The molecule has 160 valence electrons. The van der Waals surface area contributed by atoms with Crippen LogP contribution in [0.15, 0.2) is 63.5 Å². The van der Waals surface area contributed by atoms with Crippen LogP contribution in [0, 0.1) is 6.92 Å². The molecule has 0 spiro atoms. The summed E-state index contributed by atoms with van der Waals surface area (Å²) >= 11 is 6.77. The second-order valence-electron chi connectivity index (χ2n) is 6.91. The van der Waals surface area contributed by atoms with Gasteiger partial charge in [-0.15, -0.1) is 0 Å². The van der Waals surface area contributed by atoms with Gasteiger partial charge in [0, 0.05) is 6.54 Å². The first-order chi connectivity index (χ1) is 14.7. The maximum Gasteiger partial charge on any atom is 0.307 e. The largest absolute Gasteiger partial charge is 0.507 e. The lowest BCUT2D eigenvalue weighted by Crippen LogP contribution is -2.22. The highest BCUT2D eigenvalue weighted by Crippen LogP contribution is 2.38. The van der Waals surface area contributed by atoms with Gasteiger partial charge in [0.15, 0.2) is 5.75 Å². The Labute approximate surface area is 196 Å². The van der Waals surface area contributed by atoms with Crippen molar-refractivity contribution in [1.82, 2.24) is 5.32 Å². The van der Waals surface area contributed by atoms with E-state index in [0.717, 1.165) is 11.1 Å². The first-order valence-corrected chi connectivity index (χ1v) is 10.9. The Hall–Kier alpha value is -2.84. The van der Waals surface area contributed by atoms with Crippen molar-refractivity contribution in [2.75, 3.05) is 0 Å². The van der Waals surface area contributed by atoms with E-state index < -0.39 is 11.9 Å². The summed E-state index contributed by atoms with van der Waals surface area (Å²) in [5.41, 5.74) is 2.76. The third-order valence-electron chi connectivity index (χ3n) is 4.42. The molecule has 3 rings (SSSR count). The van der Waals surface area contributed by atoms with Crippen LogP contribution in [-0.4, -0.2) is 22.1 Å². The normalized spacial score (nSPS) is 10.5. The summed E-state index contributed by atoms with van der Waals surface area (Å²) in [6.45, 7) is 2.31. The SMILES string of the molecule is Cc1ccc(CNC(=O)c2cc(Oc3c(Br)cc(CC(=O)O)cc3Br)ccc2O)cc1. The van der Waals surface area contributed by atoms with Crippen molar-refractivity contribution in [2.45, 2.75) is 19.9 Å². The van der Waals surface area contributed by atoms with Gasteiger partial charge in [0.25, 0.3) is 5.91 Å². The van der Waals surface area contributed by atoms with E-state index in [4.69, 9.17) is 9.84 Å². The van der Waals surface area contributed by atoms with E-state index in [1.54, 1.807) is 12.1 Å². The first-order valence-electron chi connectivity index (χ1n) is 9.27. The molecule has 0 aliphatic heterocycles. The molecule has 6 nitrogen and oxygen atoms in total. The maximum atomic E-state index is 12.6. The molecule has 3 aromatic rings. The molecule has 0 heterocycles. The molecule has 0 atom stereocenters. The fraction of sp³-hybridized carbons (Fsp3) is 0.130. The number of carboxylic acid groups (broad SMARTS) is 1. The number of aliphatic carboxylic acids is 1. The van der Waals surface area contributed by atoms with Gasteiger partial charge < -0.3 is 20.3 Å². The minimum Gasteiger partial charge on any atom is -0.507 e. The molecule has 0 saturated carbocycles. The molecule has 8 heteroatoms. The van der Waals surface area contributed by atoms with Crippen LogP contribution < -0.4 is 10.1 Å². The Bertz CT molecular complexity index is 1110. The van der Waals surface area contributed by atoms with Crippen molar-refractivity contribution in [3.8, 4) is 17.2 Å². The highest BCUT2D eigenvalue weighted by Gasteiger charge is 2.16. The summed E-state index contributed by atoms with van der Waals surface area (Å²) in [6, 6.07) is 15.5. The smallest absolute Gasteiger partial charge is 0.307 e. The summed E-state index contributed by atoms with van der Waals surface area (Å²) in [4.78, 5) is 23.5. The van der Waals surface area contributed by atoms with Gasteiger partial charge in [-0.3, -0.25) is 9.59 Å². The van der Waals surface area contributed by atoms with Crippen molar-refractivity contribution in [3.05, 3.63) is 85.8 Å². The third kappa shape index (κ3) is 6.08. The number of phenolic OH excluding ortho intramolecular Hbond substituents is 1. The van der Waals surface area contributed by atoms with Crippen LogP contribution in [0.3, 0.4) is 0 Å². The average molecular weight is 549 g/mol. The molecule has 31 heavy (non-hydrogen) atoms. The fourth-order valence-corrected chi connectivity index (χ4v) is 4.29. The minimum atomic E-state index is -0.938. The summed E-state index contributed by atoms with van der Waals surface area (Å²) in [5, 5.41) is 21.9. The standard InChI is InChI=1S/C23H19Br2NO5/c1-13-2-4-14(5-3-13)12-26-23(30)17-11-16(6-7-20(17)27)31-22-18(24)8-15(9-19(22)25)10-21(28)29/h2-9,11,27H,10,12H2,1H3,(H,26,30)(H,28,29). The monoisotopic (exact) mass is 547 g/mol. The molecule has 0 aromatic heterocycles. The molecular formula is C23H19Br2NO5. The number of carboxylic acids is 1. The third-order valence-corrected chi connectivity index (χ3v) is 5.60. The number of nitrogens with one attached hydrogen (secondary N) is 1.